The first-order valence-electron chi connectivity index (χ1n) is 10.2. The van der Waals surface area contributed by atoms with Crippen LogP contribution in [0.1, 0.15) is 40.2 Å². The number of nitrogens with zero attached hydrogens (tertiary/aromatic N) is 1. The van der Waals surface area contributed by atoms with Gasteiger partial charge in [0.2, 0.25) is 0 Å². The molecule has 0 spiro atoms. The number of nitrogens with two attached hydrogens (primary N) is 1. The van der Waals surface area contributed by atoms with Crippen molar-refractivity contribution in [1.82, 2.24) is 4.90 Å². The molecule has 1 saturated heterocycles. The predicted octanol–water partition coefficient (Wildman–Crippen LogP) is 4.91. The van der Waals surface area contributed by atoms with E-state index in [1.165, 1.54) is 11.1 Å². The van der Waals surface area contributed by atoms with E-state index in [0.717, 1.165) is 42.9 Å². The fraction of sp³-hybridized carbons (Fsp3) is 0.240. The van der Waals surface area contributed by atoms with Gasteiger partial charge in [-0.2, -0.15) is 0 Å². The fourth-order valence-corrected chi connectivity index (χ4v) is 4.02. The van der Waals surface area contributed by atoms with Crippen molar-refractivity contribution in [2.24, 2.45) is 5.73 Å². The van der Waals surface area contributed by atoms with Gasteiger partial charge in [-0.15, -0.1) is 0 Å². The normalized spacial score (nSPS) is 14.6. The van der Waals surface area contributed by atoms with Crippen molar-refractivity contribution >= 4 is 17.3 Å². The molecule has 4 rings (SSSR count). The first-order chi connectivity index (χ1) is 14.2. The van der Waals surface area contributed by atoms with Gasteiger partial charge in [-0.3, -0.25) is 4.79 Å². The molecule has 4 nitrogen and oxygen atoms in total. The van der Waals surface area contributed by atoms with Gasteiger partial charge in [-0.25, -0.2) is 0 Å². The van der Waals surface area contributed by atoms with Crippen LogP contribution in [0.25, 0.3) is 0 Å². The highest BCUT2D eigenvalue weighted by atomic mass is 16.2. The van der Waals surface area contributed by atoms with E-state index < -0.39 is 0 Å². The fourth-order valence-electron chi connectivity index (χ4n) is 4.02. The van der Waals surface area contributed by atoms with Crippen LogP contribution >= 0.6 is 0 Å². The molecule has 1 amide bonds. The molecule has 3 aromatic carbocycles. The van der Waals surface area contributed by atoms with Crippen LogP contribution in [0.15, 0.2) is 78.9 Å². The summed E-state index contributed by atoms with van der Waals surface area (Å²) in [5, 5.41) is 3.38. The molecule has 0 saturated carbocycles. The Morgan fingerprint density at radius 3 is 2.41 bits per heavy atom. The summed E-state index contributed by atoms with van der Waals surface area (Å²) in [6, 6.07) is 26.2. The number of nitrogens with one attached hydrogen (secondary N) is 1. The average Bonchev–Trinajstić information content (AvgIpc) is 2.80. The topological polar surface area (TPSA) is 58.4 Å². The van der Waals surface area contributed by atoms with Crippen LogP contribution in [0.2, 0.25) is 0 Å². The van der Waals surface area contributed by atoms with E-state index in [1.807, 2.05) is 59.5 Å². The molecule has 0 aromatic heterocycles. The Hall–Kier alpha value is -3.11. The van der Waals surface area contributed by atoms with Crippen molar-refractivity contribution in [2.45, 2.75) is 25.3 Å². The Labute approximate surface area is 172 Å². The second-order valence-electron chi connectivity index (χ2n) is 7.55. The lowest BCUT2D eigenvalue weighted by Crippen LogP contribution is -2.38. The van der Waals surface area contributed by atoms with E-state index in [-0.39, 0.29) is 5.91 Å². The summed E-state index contributed by atoms with van der Waals surface area (Å²) in [5.74, 6) is 0.585. The van der Waals surface area contributed by atoms with E-state index in [1.54, 1.807) is 0 Å². The Morgan fingerprint density at radius 1 is 0.931 bits per heavy atom. The quantitative estimate of drug-likeness (QED) is 0.656. The highest BCUT2D eigenvalue weighted by Crippen LogP contribution is 2.30. The molecule has 1 aliphatic rings. The number of carbonyl (C=O) groups excluding carboxylic acids is 1. The summed E-state index contributed by atoms with van der Waals surface area (Å²) in [7, 11) is 0. The van der Waals surface area contributed by atoms with E-state index in [2.05, 4.69) is 29.6 Å². The monoisotopic (exact) mass is 385 g/mol. The maximum Gasteiger partial charge on any atom is 0.255 e. The molecule has 1 fully saturated rings. The van der Waals surface area contributed by atoms with Crippen molar-refractivity contribution in [3.8, 4) is 0 Å². The van der Waals surface area contributed by atoms with Gasteiger partial charge < -0.3 is 16.0 Å². The van der Waals surface area contributed by atoms with E-state index in [0.29, 0.717) is 12.5 Å². The second kappa shape index (κ2) is 8.93. The Kier molecular flexibility index (Phi) is 5.92. The number of likely N-dealkylation sites (tertiary alicyclic amines) is 1. The Balaban J connectivity index is 1.45. The molecular formula is C25H27N3O. The molecule has 4 heteroatoms. The van der Waals surface area contributed by atoms with Gasteiger partial charge in [0.05, 0.1) is 11.3 Å². The minimum atomic E-state index is 0.0955. The molecule has 1 heterocycles. The second-order valence-corrected chi connectivity index (χ2v) is 7.55. The third kappa shape index (κ3) is 4.49. The van der Waals surface area contributed by atoms with Crippen LogP contribution in [0.5, 0.6) is 0 Å². The summed E-state index contributed by atoms with van der Waals surface area (Å²) in [4.78, 5) is 15.2. The minimum Gasteiger partial charge on any atom is -0.355 e. The van der Waals surface area contributed by atoms with Gasteiger partial charge in [0.15, 0.2) is 0 Å². The maximum absolute atomic E-state index is 13.2. The minimum absolute atomic E-state index is 0.0955. The van der Waals surface area contributed by atoms with E-state index in [9.17, 15) is 4.79 Å². The molecule has 3 aromatic rings. The molecule has 1 aliphatic heterocycles. The molecular weight excluding hydrogens is 358 g/mol. The number of anilines is 2. The molecule has 0 bridgehead atoms. The van der Waals surface area contributed by atoms with Gasteiger partial charge in [0.1, 0.15) is 0 Å². The number of amides is 1. The van der Waals surface area contributed by atoms with Gasteiger partial charge >= 0.3 is 0 Å². The molecule has 0 radical (unpaired) electrons. The first-order valence-corrected chi connectivity index (χ1v) is 10.2. The standard InChI is InChI=1S/C25H27N3O/c26-18-19-7-6-8-21(17-19)20-13-15-28(16-14-20)25(29)23-11-4-5-12-24(23)27-22-9-2-1-3-10-22/h1-12,17,20,27H,13-16,18,26H2. The van der Waals surface area contributed by atoms with Crippen LogP contribution < -0.4 is 11.1 Å². The maximum atomic E-state index is 13.2. The number of rotatable bonds is 5. The lowest BCUT2D eigenvalue weighted by molar-refractivity contribution is 0.0714. The molecule has 0 atom stereocenters. The Bertz CT molecular complexity index is 963. The highest BCUT2D eigenvalue weighted by Gasteiger charge is 2.26. The zero-order chi connectivity index (χ0) is 20.1. The molecule has 0 unspecified atom stereocenters. The number of hydrogen-bond acceptors (Lipinski definition) is 3. The van der Waals surface area contributed by atoms with Crippen LogP contribution in [0.3, 0.4) is 0 Å². The van der Waals surface area contributed by atoms with Crippen LogP contribution in [0, 0.1) is 0 Å². The van der Waals surface area contributed by atoms with Gasteiger partial charge in [-0.1, -0.05) is 54.6 Å². The number of carbonyl (C=O) groups is 1. The van der Waals surface area contributed by atoms with Crippen molar-refractivity contribution in [1.29, 1.82) is 0 Å². The number of piperidine rings is 1. The predicted molar refractivity (Wildman–Crippen MR) is 118 cm³/mol. The Morgan fingerprint density at radius 2 is 1.66 bits per heavy atom. The average molecular weight is 386 g/mol. The van der Waals surface area contributed by atoms with Crippen LogP contribution in [-0.2, 0) is 6.54 Å². The summed E-state index contributed by atoms with van der Waals surface area (Å²) in [5.41, 5.74) is 10.8. The first kappa shape index (κ1) is 19.2. The van der Waals surface area contributed by atoms with Crippen LogP contribution in [0.4, 0.5) is 11.4 Å². The van der Waals surface area contributed by atoms with Crippen LogP contribution in [-0.4, -0.2) is 23.9 Å². The largest absolute Gasteiger partial charge is 0.355 e. The highest BCUT2D eigenvalue weighted by molar-refractivity contribution is 6.00. The molecule has 148 valence electrons. The summed E-state index contributed by atoms with van der Waals surface area (Å²) < 4.78 is 0. The zero-order valence-corrected chi connectivity index (χ0v) is 16.6. The summed E-state index contributed by atoms with van der Waals surface area (Å²) >= 11 is 0. The number of benzene rings is 3. The molecule has 0 aliphatic carbocycles. The van der Waals surface area contributed by atoms with E-state index >= 15 is 0 Å². The molecule has 3 N–H and O–H groups in total. The number of para-hydroxylation sites is 2. The third-order valence-corrected chi connectivity index (χ3v) is 5.65. The van der Waals surface area contributed by atoms with E-state index in [4.69, 9.17) is 5.73 Å². The summed E-state index contributed by atoms with van der Waals surface area (Å²) in [6.45, 7) is 2.11. The lowest BCUT2D eigenvalue weighted by Gasteiger charge is -2.33. The van der Waals surface area contributed by atoms with Crippen molar-refractivity contribution in [3.63, 3.8) is 0 Å². The zero-order valence-electron chi connectivity index (χ0n) is 16.6. The number of hydrogen-bond donors (Lipinski definition) is 2. The third-order valence-electron chi connectivity index (χ3n) is 5.65. The van der Waals surface area contributed by atoms with Crippen molar-refractivity contribution in [3.05, 3.63) is 95.6 Å². The SMILES string of the molecule is NCc1cccc(C2CCN(C(=O)c3ccccc3Nc3ccccc3)CC2)c1. The summed E-state index contributed by atoms with van der Waals surface area (Å²) in [6.07, 6.45) is 1.96. The van der Waals surface area contributed by atoms with Crippen molar-refractivity contribution < 1.29 is 4.79 Å². The van der Waals surface area contributed by atoms with Crippen molar-refractivity contribution in [2.75, 3.05) is 18.4 Å². The lowest BCUT2D eigenvalue weighted by atomic mass is 9.88. The van der Waals surface area contributed by atoms with Gasteiger partial charge in [-0.05, 0) is 54.2 Å². The van der Waals surface area contributed by atoms with Gasteiger partial charge in [0.25, 0.3) is 5.91 Å². The van der Waals surface area contributed by atoms with Gasteiger partial charge in [0, 0.05) is 25.3 Å². The molecule has 29 heavy (non-hydrogen) atoms. The smallest absolute Gasteiger partial charge is 0.255 e.